The fourth-order valence-electron chi connectivity index (χ4n) is 3.24. The van der Waals surface area contributed by atoms with Crippen LogP contribution in [0.3, 0.4) is 0 Å². The number of sulfonamides is 1. The predicted octanol–water partition coefficient (Wildman–Crippen LogP) is 2.77. The molecule has 1 fully saturated rings. The lowest BCUT2D eigenvalue weighted by Crippen LogP contribution is -2.53. The van der Waals surface area contributed by atoms with E-state index in [0.717, 1.165) is 16.5 Å². The lowest BCUT2D eigenvalue weighted by Gasteiger charge is -2.36. The Labute approximate surface area is 155 Å². The Morgan fingerprint density at radius 3 is 2.56 bits per heavy atom. The molecule has 0 unspecified atom stereocenters. The van der Waals surface area contributed by atoms with Crippen molar-refractivity contribution in [3.05, 3.63) is 54.5 Å². The highest BCUT2D eigenvalue weighted by Gasteiger charge is 2.41. The Balaban J connectivity index is 1.58. The van der Waals surface area contributed by atoms with Crippen LogP contribution in [0.4, 0.5) is 4.39 Å². The molecule has 0 amide bonds. The van der Waals surface area contributed by atoms with Crippen LogP contribution >= 0.6 is 0 Å². The van der Waals surface area contributed by atoms with Gasteiger partial charge in [-0.2, -0.15) is 4.31 Å². The molecule has 1 aliphatic rings. The van der Waals surface area contributed by atoms with Crippen molar-refractivity contribution < 1.29 is 22.3 Å². The summed E-state index contributed by atoms with van der Waals surface area (Å²) < 4.78 is 44.5. The van der Waals surface area contributed by atoms with Crippen LogP contribution in [-0.2, 0) is 19.6 Å². The number of carbonyl (C=O) groups is 1. The summed E-state index contributed by atoms with van der Waals surface area (Å²) in [5, 5.41) is 0.857. The van der Waals surface area contributed by atoms with Crippen molar-refractivity contribution in [2.45, 2.75) is 4.90 Å². The molecular weight excluding hydrogens is 371 g/mol. The molecule has 3 aromatic rings. The second-order valence-corrected chi connectivity index (χ2v) is 8.40. The SMILES string of the molecule is COC(=O)C1CN(S(=O)(=O)c2ccc(-c3c[nH]c4cc(F)ccc34)cc2)C1. The van der Waals surface area contributed by atoms with Gasteiger partial charge >= 0.3 is 5.97 Å². The van der Waals surface area contributed by atoms with E-state index in [-0.39, 0.29) is 23.8 Å². The Bertz CT molecular complexity index is 1120. The van der Waals surface area contributed by atoms with Crippen LogP contribution in [-0.4, -0.2) is 43.9 Å². The third-order valence-corrected chi connectivity index (χ3v) is 6.68. The number of H-pyrrole nitrogens is 1. The highest BCUT2D eigenvalue weighted by atomic mass is 32.2. The van der Waals surface area contributed by atoms with Crippen LogP contribution < -0.4 is 0 Å². The molecule has 27 heavy (non-hydrogen) atoms. The average molecular weight is 388 g/mol. The first-order valence-corrected chi connectivity index (χ1v) is 9.79. The number of ether oxygens (including phenoxy) is 1. The number of fused-ring (bicyclic) bond motifs is 1. The zero-order valence-electron chi connectivity index (χ0n) is 14.5. The second-order valence-electron chi connectivity index (χ2n) is 6.46. The maximum absolute atomic E-state index is 13.3. The van der Waals surface area contributed by atoms with Crippen molar-refractivity contribution in [2.75, 3.05) is 20.2 Å². The van der Waals surface area contributed by atoms with Gasteiger partial charge in [-0.3, -0.25) is 4.79 Å². The van der Waals surface area contributed by atoms with E-state index >= 15 is 0 Å². The zero-order chi connectivity index (χ0) is 19.2. The summed E-state index contributed by atoms with van der Waals surface area (Å²) in [6.45, 7) is 0.259. The van der Waals surface area contributed by atoms with Crippen molar-refractivity contribution in [2.24, 2.45) is 5.92 Å². The first-order chi connectivity index (χ1) is 12.9. The molecule has 6 nitrogen and oxygen atoms in total. The fraction of sp³-hybridized carbons (Fsp3) is 0.211. The summed E-state index contributed by atoms with van der Waals surface area (Å²) in [5.74, 6) is -1.12. The van der Waals surface area contributed by atoms with Gasteiger partial charge in [-0.15, -0.1) is 0 Å². The molecule has 0 spiro atoms. The molecule has 1 N–H and O–H groups in total. The van der Waals surface area contributed by atoms with Crippen LogP contribution in [0.2, 0.25) is 0 Å². The number of rotatable bonds is 4. The molecule has 4 rings (SSSR count). The molecule has 1 aromatic heterocycles. The molecule has 2 aromatic carbocycles. The normalized spacial score (nSPS) is 15.6. The number of hydrogen-bond donors (Lipinski definition) is 1. The van der Waals surface area contributed by atoms with Crippen molar-refractivity contribution in [3.8, 4) is 11.1 Å². The Morgan fingerprint density at radius 2 is 1.89 bits per heavy atom. The molecular formula is C19H17FN2O4S. The number of methoxy groups -OCH3 is 1. The van der Waals surface area contributed by atoms with Crippen LogP contribution in [0.5, 0.6) is 0 Å². The van der Waals surface area contributed by atoms with Gasteiger partial charge in [0.05, 0.1) is 17.9 Å². The summed E-state index contributed by atoms with van der Waals surface area (Å²) in [6, 6.07) is 11.0. The monoisotopic (exact) mass is 388 g/mol. The molecule has 0 radical (unpaired) electrons. The average Bonchev–Trinajstić information content (AvgIpc) is 3.03. The lowest BCUT2D eigenvalue weighted by molar-refractivity contribution is -0.149. The predicted molar refractivity (Wildman–Crippen MR) is 98.0 cm³/mol. The summed E-state index contributed by atoms with van der Waals surface area (Å²) in [6.07, 6.45) is 1.77. The smallest absolute Gasteiger partial charge is 0.311 e. The van der Waals surface area contributed by atoms with Crippen LogP contribution in [0, 0.1) is 11.7 Å². The van der Waals surface area contributed by atoms with Gasteiger partial charge in [0.15, 0.2) is 0 Å². The highest BCUT2D eigenvalue weighted by Crippen LogP contribution is 2.31. The summed E-state index contributed by atoms with van der Waals surface area (Å²) in [4.78, 5) is 14.6. The summed E-state index contributed by atoms with van der Waals surface area (Å²) >= 11 is 0. The van der Waals surface area contributed by atoms with E-state index in [0.29, 0.717) is 5.52 Å². The molecule has 8 heteroatoms. The molecule has 0 aliphatic carbocycles. The van der Waals surface area contributed by atoms with Gasteiger partial charge in [-0.1, -0.05) is 12.1 Å². The quantitative estimate of drug-likeness (QED) is 0.697. The third kappa shape index (κ3) is 3.00. The van der Waals surface area contributed by atoms with E-state index in [9.17, 15) is 17.6 Å². The van der Waals surface area contributed by atoms with Crippen LogP contribution in [0.15, 0.2) is 53.6 Å². The Morgan fingerprint density at radius 1 is 1.19 bits per heavy atom. The molecule has 140 valence electrons. The van der Waals surface area contributed by atoms with Gasteiger partial charge in [-0.05, 0) is 35.9 Å². The van der Waals surface area contributed by atoms with Gasteiger partial charge in [0.2, 0.25) is 10.0 Å². The standard InChI is InChI=1S/C19H17FN2O4S/c1-26-19(23)13-10-22(11-13)27(24,25)15-5-2-12(3-6-15)17-9-21-18-8-14(20)4-7-16(17)18/h2-9,13,21H,10-11H2,1H3. The molecule has 0 bridgehead atoms. The number of aromatic amines is 1. The summed E-state index contributed by atoms with van der Waals surface area (Å²) in [5.41, 5.74) is 2.36. The minimum atomic E-state index is -3.64. The van der Waals surface area contributed by atoms with Gasteiger partial charge in [-0.25, -0.2) is 12.8 Å². The lowest BCUT2D eigenvalue weighted by atomic mass is 10.0. The van der Waals surface area contributed by atoms with Gasteiger partial charge in [0.1, 0.15) is 5.82 Å². The topological polar surface area (TPSA) is 79.5 Å². The number of nitrogens with zero attached hydrogens (tertiary/aromatic N) is 1. The van der Waals surface area contributed by atoms with Crippen molar-refractivity contribution in [3.63, 3.8) is 0 Å². The maximum atomic E-state index is 13.3. The first-order valence-electron chi connectivity index (χ1n) is 8.35. The highest BCUT2D eigenvalue weighted by molar-refractivity contribution is 7.89. The maximum Gasteiger partial charge on any atom is 0.311 e. The van der Waals surface area contributed by atoms with E-state index in [2.05, 4.69) is 9.72 Å². The second kappa shape index (κ2) is 6.47. The fourth-order valence-corrected chi connectivity index (χ4v) is 4.77. The van der Waals surface area contributed by atoms with E-state index in [1.54, 1.807) is 36.5 Å². The molecule has 0 saturated carbocycles. The molecule has 1 saturated heterocycles. The van der Waals surface area contributed by atoms with E-state index in [1.165, 1.54) is 23.5 Å². The Hall–Kier alpha value is -2.71. The number of carbonyl (C=O) groups excluding carboxylic acids is 1. The Kier molecular flexibility index (Phi) is 4.24. The first kappa shape index (κ1) is 17.7. The van der Waals surface area contributed by atoms with Crippen molar-refractivity contribution in [1.29, 1.82) is 0 Å². The minimum Gasteiger partial charge on any atom is -0.469 e. The van der Waals surface area contributed by atoms with Crippen LogP contribution in [0.1, 0.15) is 0 Å². The molecule has 1 aliphatic heterocycles. The van der Waals surface area contributed by atoms with Crippen molar-refractivity contribution >= 4 is 26.9 Å². The number of hydrogen-bond acceptors (Lipinski definition) is 4. The number of esters is 1. The largest absolute Gasteiger partial charge is 0.469 e. The summed E-state index contributed by atoms with van der Waals surface area (Å²) in [7, 11) is -2.35. The number of benzene rings is 2. The minimum absolute atomic E-state index is 0.130. The van der Waals surface area contributed by atoms with E-state index < -0.39 is 21.9 Å². The number of nitrogens with one attached hydrogen (secondary N) is 1. The zero-order valence-corrected chi connectivity index (χ0v) is 15.3. The van der Waals surface area contributed by atoms with Gasteiger partial charge < -0.3 is 9.72 Å². The number of halogens is 1. The van der Waals surface area contributed by atoms with Gasteiger partial charge in [0, 0.05) is 35.8 Å². The third-order valence-electron chi connectivity index (χ3n) is 4.83. The van der Waals surface area contributed by atoms with E-state index in [1.807, 2.05) is 0 Å². The van der Waals surface area contributed by atoms with Crippen LogP contribution in [0.25, 0.3) is 22.0 Å². The van der Waals surface area contributed by atoms with E-state index in [4.69, 9.17) is 0 Å². The number of aromatic nitrogens is 1. The van der Waals surface area contributed by atoms with Crippen molar-refractivity contribution in [1.82, 2.24) is 9.29 Å². The molecule has 0 atom stereocenters. The molecule has 2 heterocycles. The van der Waals surface area contributed by atoms with Gasteiger partial charge in [0.25, 0.3) is 0 Å².